The van der Waals surface area contributed by atoms with Crippen LogP contribution >= 0.6 is 0 Å². The second-order valence-electron chi connectivity index (χ2n) is 2.99. The molecule has 0 saturated heterocycles. The fourth-order valence-corrected chi connectivity index (χ4v) is 1.18. The van der Waals surface area contributed by atoms with Crippen LogP contribution in [0.4, 0.5) is 5.69 Å². The molecule has 0 fully saturated rings. The number of nitrogens with one attached hydrogen (secondary N) is 1. The van der Waals surface area contributed by atoms with Gasteiger partial charge in [0.1, 0.15) is 6.54 Å². The molecule has 0 aliphatic heterocycles. The van der Waals surface area contributed by atoms with E-state index < -0.39 is 0 Å². The molecule has 2 heterocycles. The van der Waals surface area contributed by atoms with Crippen LogP contribution in [0.2, 0.25) is 0 Å². The summed E-state index contributed by atoms with van der Waals surface area (Å²) in [7, 11) is 0. The molecular formula is C10H10N4O. The van der Waals surface area contributed by atoms with Crippen molar-refractivity contribution in [2.75, 3.05) is 5.32 Å². The fourth-order valence-electron chi connectivity index (χ4n) is 1.18. The van der Waals surface area contributed by atoms with Gasteiger partial charge in [-0.2, -0.15) is 5.10 Å². The van der Waals surface area contributed by atoms with Crippen molar-refractivity contribution in [2.45, 2.75) is 6.54 Å². The number of anilines is 1. The maximum Gasteiger partial charge on any atom is 0.246 e. The van der Waals surface area contributed by atoms with Gasteiger partial charge in [-0.05, 0) is 18.2 Å². The second-order valence-corrected chi connectivity index (χ2v) is 2.99. The van der Waals surface area contributed by atoms with Crippen molar-refractivity contribution in [3.05, 3.63) is 43.0 Å². The van der Waals surface area contributed by atoms with Gasteiger partial charge in [-0.3, -0.25) is 14.5 Å². The molecule has 2 rings (SSSR count). The summed E-state index contributed by atoms with van der Waals surface area (Å²) in [6, 6.07) is 5.25. The van der Waals surface area contributed by atoms with Crippen molar-refractivity contribution < 1.29 is 4.79 Å². The van der Waals surface area contributed by atoms with Gasteiger partial charge in [-0.15, -0.1) is 0 Å². The molecule has 0 unspecified atom stereocenters. The molecule has 2 aromatic rings. The molecule has 5 nitrogen and oxygen atoms in total. The third-order valence-corrected chi connectivity index (χ3v) is 1.83. The topological polar surface area (TPSA) is 59.8 Å². The lowest BCUT2D eigenvalue weighted by atomic mass is 10.4. The van der Waals surface area contributed by atoms with Crippen LogP contribution in [0.25, 0.3) is 0 Å². The van der Waals surface area contributed by atoms with Gasteiger partial charge in [0.15, 0.2) is 0 Å². The molecule has 15 heavy (non-hydrogen) atoms. The van der Waals surface area contributed by atoms with E-state index in [0.717, 1.165) is 5.69 Å². The first-order valence-corrected chi connectivity index (χ1v) is 4.52. The zero-order valence-electron chi connectivity index (χ0n) is 8.00. The summed E-state index contributed by atoms with van der Waals surface area (Å²) in [6.45, 7) is 0.218. The summed E-state index contributed by atoms with van der Waals surface area (Å²) in [4.78, 5) is 15.3. The minimum absolute atomic E-state index is 0.107. The van der Waals surface area contributed by atoms with Gasteiger partial charge in [-0.25, -0.2) is 0 Å². The van der Waals surface area contributed by atoms with E-state index in [-0.39, 0.29) is 12.5 Å². The third-order valence-electron chi connectivity index (χ3n) is 1.83. The third kappa shape index (κ3) is 2.63. The van der Waals surface area contributed by atoms with E-state index in [1.54, 1.807) is 47.7 Å². The van der Waals surface area contributed by atoms with E-state index in [0.29, 0.717) is 0 Å². The Bertz CT molecular complexity index is 424. The maximum atomic E-state index is 11.5. The molecule has 0 saturated carbocycles. The smallest absolute Gasteiger partial charge is 0.246 e. The lowest BCUT2D eigenvalue weighted by Gasteiger charge is -2.04. The number of rotatable bonds is 3. The number of pyridine rings is 1. The summed E-state index contributed by atoms with van der Waals surface area (Å²) in [6.07, 6.45) is 6.64. The van der Waals surface area contributed by atoms with E-state index in [9.17, 15) is 4.79 Å². The first-order chi connectivity index (χ1) is 7.34. The molecule has 76 valence electrons. The highest BCUT2D eigenvalue weighted by molar-refractivity contribution is 5.90. The Hall–Kier alpha value is -2.17. The lowest BCUT2D eigenvalue weighted by Crippen LogP contribution is -2.18. The lowest BCUT2D eigenvalue weighted by molar-refractivity contribution is -0.116. The van der Waals surface area contributed by atoms with E-state index in [2.05, 4.69) is 15.4 Å². The van der Waals surface area contributed by atoms with Crippen molar-refractivity contribution in [1.82, 2.24) is 14.8 Å². The number of carbonyl (C=O) groups excluding carboxylic acids is 1. The molecule has 0 aliphatic carbocycles. The van der Waals surface area contributed by atoms with Gasteiger partial charge in [-0.1, -0.05) is 0 Å². The number of carbonyl (C=O) groups is 1. The Morgan fingerprint density at radius 1 is 1.33 bits per heavy atom. The van der Waals surface area contributed by atoms with Crippen LogP contribution in [0.15, 0.2) is 43.0 Å². The van der Waals surface area contributed by atoms with Gasteiger partial charge in [0, 0.05) is 30.5 Å². The first kappa shape index (κ1) is 9.39. The summed E-state index contributed by atoms with van der Waals surface area (Å²) < 4.78 is 1.57. The number of hydrogen-bond donors (Lipinski definition) is 1. The molecule has 0 radical (unpaired) electrons. The zero-order chi connectivity index (χ0) is 10.5. The number of hydrogen-bond acceptors (Lipinski definition) is 3. The van der Waals surface area contributed by atoms with Crippen molar-refractivity contribution >= 4 is 11.6 Å². The Morgan fingerprint density at radius 3 is 2.80 bits per heavy atom. The number of nitrogens with zero attached hydrogens (tertiary/aromatic N) is 3. The highest BCUT2D eigenvalue weighted by atomic mass is 16.2. The van der Waals surface area contributed by atoms with Crippen LogP contribution < -0.4 is 5.32 Å². The molecular weight excluding hydrogens is 192 g/mol. The maximum absolute atomic E-state index is 11.5. The molecule has 0 aromatic carbocycles. The quantitative estimate of drug-likeness (QED) is 0.805. The Labute approximate surface area is 86.8 Å². The highest BCUT2D eigenvalue weighted by Gasteiger charge is 2.02. The largest absolute Gasteiger partial charge is 0.324 e. The van der Waals surface area contributed by atoms with E-state index in [4.69, 9.17) is 0 Å². The minimum Gasteiger partial charge on any atom is -0.324 e. The van der Waals surface area contributed by atoms with Gasteiger partial charge >= 0.3 is 0 Å². The molecule has 1 N–H and O–H groups in total. The Morgan fingerprint density at radius 2 is 2.13 bits per heavy atom. The van der Waals surface area contributed by atoms with Crippen molar-refractivity contribution in [1.29, 1.82) is 0 Å². The van der Waals surface area contributed by atoms with Crippen molar-refractivity contribution in [2.24, 2.45) is 0 Å². The molecule has 2 aromatic heterocycles. The summed E-state index contributed by atoms with van der Waals surface area (Å²) in [5.41, 5.74) is 0.738. The van der Waals surface area contributed by atoms with Gasteiger partial charge in [0.2, 0.25) is 5.91 Å². The van der Waals surface area contributed by atoms with E-state index >= 15 is 0 Å². The molecule has 1 amide bonds. The predicted octanol–water partition coefficient (Wildman–Crippen LogP) is 0.917. The van der Waals surface area contributed by atoms with Gasteiger partial charge < -0.3 is 5.32 Å². The summed E-state index contributed by atoms with van der Waals surface area (Å²) >= 11 is 0. The molecule has 0 spiro atoms. The van der Waals surface area contributed by atoms with Gasteiger partial charge in [0.05, 0.1) is 0 Å². The van der Waals surface area contributed by atoms with E-state index in [1.807, 2.05) is 0 Å². The minimum atomic E-state index is -0.107. The van der Waals surface area contributed by atoms with Crippen LogP contribution in [0, 0.1) is 0 Å². The number of amides is 1. The second kappa shape index (κ2) is 4.36. The average Bonchev–Trinajstić information content (AvgIpc) is 2.71. The average molecular weight is 202 g/mol. The monoisotopic (exact) mass is 202 g/mol. The Kier molecular flexibility index (Phi) is 2.73. The molecule has 5 heteroatoms. The normalized spacial score (nSPS) is 9.87. The highest BCUT2D eigenvalue weighted by Crippen LogP contribution is 2.02. The number of aromatic nitrogens is 3. The van der Waals surface area contributed by atoms with Crippen LogP contribution in [0.3, 0.4) is 0 Å². The summed E-state index contributed by atoms with van der Waals surface area (Å²) in [5.74, 6) is -0.107. The molecule has 0 bridgehead atoms. The van der Waals surface area contributed by atoms with Crippen LogP contribution in [-0.4, -0.2) is 20.7 Å². The van der Waals surface area contributed by atoms with Crippen LogP contribution in [-0.2, 0) is 11.3 Å². The van der Waals surface area contributed by atoms with Crippen LogP contribution in [0.1, 0.15) is 0 Å². The summed E-state index contributed by atoms with van der Waals surface area (Å²) in [5, 5.41) is 6.68. The van der Waals surface area contributed by atoms with Crippen LogP contribution in [0.5, 0.6) is 0 Å². The van der Waals surface area contributed by atoms with Gasteiger partial charge in [0.25, 0.3) is 0 Å². The molecule has 0 aliphatic rings. The fraction of sp³-hybridized carbons (Fsp3) is 0.100. The van der Waals surface area contributed by atoms with Crippen molar-refractivity contribution in [3.63, 3.8) is 0 Å². The molecule has 0 atom stereocenters. The van der Waals surface area contributed by atoms with E-state index in [1.165, 1.54) is 0 Å². The Balaban J connectivity index is 1.94. The predicted molar refractivity (Wildman–Crippen MR) is 55.1 cm³/mol. The first-order valence-electron chi connectivity index (χ1n) is 4.52. The standard InChI is InChI=1S/C10H10N4O/c15-10(8-14-7-1-4-12-14)13-9-2-5-11-6-3-9/h1-7H,8H2,(H,11,13,15). The van der Waals surface area contributed by atoms with Crippen molar-refractivity contribution in [3.8, 4) is 0 Å². The zero-order valence-corrected chi connectivity index (χ0v) is 8.00. The SMILES string of the molecule is O=C(Cn1cccn1)Nc1ccncc1.